The Morgan fingerprint density at radius 2 is 0.612 bits per heavy atom. The Morgan fingerprint density at radius 1 is 0.367 bits per heavy atom. The highest BCUT2D eigenvalue weighted by molar-refractivity contribution is 5.44. The summed E-state index contributed by atoms with van der Waals surface area (Å²) >= 11 is 0. The molecule has 0 spiro atoms. The first-order valence-corrected chi connectivity index (χ1v) is 17.2. The Morgan fingerprint density at radius 3 is 0.878 bits per heavy atom. The molecule has 8 nitrogen and oxygen atoms in total. The Bertz CT molecular complexity index is 1320. The van der Waals surface area contributed by atoms with Gasteiger partial charge in [-0.3, -0.25) is 0 Å². The molecule has 0 unspecified atom stereocenters. The molecule has 0 N–H and O–H groups in total. The normalized spacial score (nSPS) is 24.0. The van der Waals surface area contributed by atoms with Crippen LogP contribution in [0.5, 0.6) is 0 Å². The molecule has 6 rings (SSSR count). The van der Waals surface area contributed by atoms with Crippen LogP contribution in [-0.4, -0.2) is 84.1 Å². The molecule has 0 amide bonds. The fourth-order valence-corrected chi connectivity index (χ4v) is 6.87. The van der Waals surface area contributed by atoms with Crippen molar-refractivity contribution in [2.75, 3.05) is 66.1 Å². The lowest BCUT2D eigenvalue weighted by atomic mass is 9.71. The minimum atomic E-state index is -1.13. The fraction of sp³-hybridized carbons (Fsp3) is 0.415. The zero-order valence-electron chi connectivity index (χ0n) is 28.5. The van der Waals surface area contributed by atoms with Gasteiger partial charge in [0.1, 0.15) is 23.4 Å². The van der Waals surface area contributed by atoms with E-state index in [2.05, 4.69) is 48.5 Å². The first-order valence-electron chi connectivity index (χ1n) is 17.2. The summed E-state index contributed by atoms with van der Waals surface area (Å²) in [5, 5.41) is 0. The third kappa shape index (κ3) is 8.14. The van der Waals surface area contributed by atoms with Crippen LogP contribution in [0.4, 0.5) is 0 Å². The summed E-state index contributed by atoms with van der Waals surface area (Å²) in [4.78, 5) is 0. The van der Waals surface area contributed by atoms with Crippen LogP contribution in [0.1, 0.15) is 36.1 Å². The van der Waals surface area contributed by atoms with Crippen molar-refractivity contribution in [1.82, 2.24) is 0 Å². The van der Waals surface area contributed by atoms with E-state index in [-0.39, 0.29) is 13.2 Å². The lowest BCUT2D eigenvalue weighted by molar-refractivity contribution is -0.182. The monoisotopic (exact) mass is 668 g/mol. The molecule has 0 aromatic heterocycles. The second-order valence-electron chi connectivity index (χ2n) is 12.6. The molecule has 0 saturated carbocycles. The summed E-state index contributed by atoms with van der Waals surface area (Å²) in [5.74, 6) is -0.997. The van der Waals surface area contributed by atoms with Gasteiger partial charge in [0, 0.05) is 0 Å². The Labute approximate surface area is 290 Å². The van der Waals surface area contributed by atoms with Gasteiger partial charge < -0.3 is 37.9 Å². The highest BCUT2D eigenvalue weighted by Gasteiger charge is 2.63. The number of hydrogen-bond donors (Lipinski definition) is 0. The van der Waals surface area contributed by atoms with Crippen molar-refractivity contribution in [2.45, 2.75) is 43.0 Å². The Hall–Kier alpha value is -3.44. The lowest BCUT2D eigenvalue weighted by Gasteiger charge is -2.47. The number of hydrogen-bond acceptors (Lipinski definition) is 8. The van der Waals surface area contributed by atoms with E-state index in [0.29, 0.717) is 52.9 Å². The van der Waals surface area contributed by atoms with Crippen LogP contribution in [0.2, 0.25) is 0 Å². The van der Waals surface area contributed by atoms with E-state index >= 15 is 0 Å². The summed E-state index contributed by atoms with van der Waals surface area (Å²) in [6, 6.07) is 41.0. The second-order valence-corrected chi connectivity index (χ2v) is 12.6. The molecule has 0 bridgehead atoms. The van der Waals surface area contributed by atoms with Crippen LogP contribution >= 0.6 is 0 Å². The summed E-state index contributed by atoms with van der Waals surface area (Å²) in [6.07, 6.45) is -1.40. The topological polar surface area (TPSA) is 73.8 Å². The lowest BCUT2D eigenvalue weighted by Crippen LogP contribution is -2.57. The number of rotatable bonds is 4. The molecule has 260 valence electrons. The zero-order valence-corrected chi connectivity index (χ0v) is 28.5. The van der Waals surface area contributed by atoms with Crippen molar-refractivity contribution in [3.63, 3.8) is 0 Å². The quantitative estimate of drug-likeness (QED) is 0.244. The van der Waals surface area contributed by atoms with Gasteiger partial charge >= 0.3 is 0 Å². The highest BCUT2D eigenvalue weighted by atomic mass is 16.8. The van der Waals surface area contributed by atoms with Gasteiger partial charge in [0.05, 0.1) is 66.1 Å². The van der Waals surface area contributed by atoms with E-state index in [1.807, 2.05) is 86.6 Å². The predicted molar refractivity (Wildman–Crippen MR) is 186 cm³/mol. The minimum absolute atomic E-state index is 0.290. The molecule has 0 radical (unpaired) electrons. The van der Waals surface area contributed by atoms with E-state index in [9.17, 15) is 0 Å². The zero-order chi connectivity index (χ0) is 33.8. The molecule has 2 aliphatic heterocycles. The maximum absolute atomic E-state index is 7.19. The fourth-order valence-electron chi connectivity index (χ4n) is 6.87. The van der Waals surface area contributed by atoms with Gasteiger partial charge in [0.25, 0.3) is 0 Å². The molecule has 49 heavy (non-hydrogen) atoms. The van der Waals surface area contributed by atoms with Crippen molar-refractivity contribution >= 4 is 0 Å². The van der Waals surface area contributed by atoms with Gasteiger partial charge in [-0.25, -0.2) is 0 Å². The summed E-state index contributed by atoms with van der Waals surface area (Å²) in [6.45, 7) is 7.99. The molecule has 2 aliphatic rings. The van der Waals surface area contributed by atoms with Crippen molar-refractivity contribution in [1.29, 1.82) is 0 Å². The SMILES string of the molecule is CC1(C)O[C@H]2[C@H](O1)C(c1ccccc1)(c1ccccc1)OCCOCCOCCOCCOCCOC2(c1ccccc1)c1ccccc1. The third-order valence-electron chi connectivity index (χ3n) is 8.94. The highest BCUT2D eigenvalue weighted by Crippen LogP contribution is 2.53. The smallest absolute Gasteiger partial charge is 0.164 e. The van der Waals surface area contributed by atoms with E-state index in [1.165, 1.54) is 0 Å². The molecule has 2 atom stereocenters. The van der Waals surface area contributed by atoms with Crippen LogP contribution in [0.3, 0.4) is 0 Å². The van der Waals surface area contributed by atoms with E-state index < -0.39 is 29.2 Å². The maximum atomic E-state index is 7.19. The van der Waals surface area contributed by atoms with E-state index in [0.717, 1.165) is 22.3 Å². The average Bonchev–Trinajstić information content (AvgIpc) is 3.48. The maximum Gasteiger partial charge on any atom is 0.164 e. The Kier molecular flexibility index (Phi) is 12.3. The van der Waals surface area contributed by atoms with Crippen molar-refractivity contribution < 1.29 is 37.9 Å². The first kappa shape index (κ1) is 35.4. The molecular formula is C41H48O8. The second kappa shape index (κ2) is 17.0. The van der Waals surface area contributed by atoms with Crippen LogP contribution in [0.15, 0.2) is 121 Å². The van der Waals surface area contributed by atoms with Gasteiger partial charge in [0.15, 0.2) is 5.79 Å². The predicted octanol–water partition coefficient (Wildman–Crippen LogP) is 6.51. The number of benzene rings is 4. The first-order chi connectivity index (χ1) is 24.1. The van der Waals surface area contributed by atoms with Gasteiger partial charge in [-0.15, -0.1) is 0 Å². The largest absolute Gasteiger partial charge is 0.377 e. The van der Waals surface area contributed by atoms with Crippen LogP contribution in [-0.2, 0) is 49.1 Å². The average molecular weight is 669 g/mol. The van der Waals surface area contributed by atoms with Gasteiger partial charge in [-0.05, 0) is 36.1 Å². The van der Waals surface area contributed by atoms with Crippen LogP contribution in [0, 0.1) is 0 Å². The minimum Gasteiger partial charge on any atom is -0.377 e. The van der Waals surface area contributed by atoms with Gasteiger partial charge in [0.2, 0.25) is 0 Å². The van der Waals surface area contributed by atoms with Crippen molar-refractivity contribution in [3.8, 4) is 0 Å². The molecular weight excluding hydrogens is 620 g/mol. The molecule has 8 heteroatoms. The third-order valence-corrected chi connectivity index (χ3v) is 8.94. The van der Waals surface area contributed by atoms with Crippen LogP contribution in [0.25, 0.3) is 0 Å². The summed E-state index contributed by atoms with van der Waals surface area (Å²) in [5.41, 5.74) is 1.46. The van der Waals surface area contributed by atoms with E-state index in [4.69, 9.17) is 37.9 Å². The molecule has 2 saturated heterocycles. The summed E-state index contributed by atoms with van der Waals surface area (Å²) in [7, 11) is 0. The van der Waals surface area contributed by atoms with Crippen molar-refractivity contribution in [2.24, 2.45) is 0 Å². The Balaban J connectivity index is 1.55. The van der Waals surface area contributed by atoms with E-state index in [1.54, 1.807) is 0 Å². The standard InChI is InChI=1S/C41H48O8/c1-39(2)48-37-38(49-39)41(35-19-11-5-12-20-35,36-21-13-6-14-22-36)47-32-30-45-28-26-43-24-23-42-25-27-44-29-31-46-40(37,33-15-7-3-8-16-33)34-17-9-4-10-18-34/h3-22,37-38H,23-32H2,1-2H3/t37-,38-/m0/s1. The number of fused-ring (bicyclic) bond motifs is 1. The summed E-state index contributed by atoms with van der Waals surface area (Å²) < 4.78 is 52.0. The molecule has 2 fully saturated rings. The molecule has 2 heterocycles. The van der Waals surface area contributed by atoms with Crippen LogP contribution < -0.4 is 0 Å². The number of ether oxygens (including phenoxy) is 8. The molecule has 4 aromatic carbocycles. The molecule has 0 aliphatic carbocycles. The van der Waals surface area contributed by atoms with Gasteiger partial charge in [-0.1, -0.05) is 121 Å². The molecule has 4 aromatic rings. The van der Waals surface area contributed by atoms with Gasteiger partial charge in [-0.2, -0.15) is 0 Å². The van der Waals surface area contributed by atoms with Crippen molar-refractivity contribution in [3.05, 3.63) is 144 Å².